The summed E-state index contributed by atoms with van der Waals surface area (Å²) in [6, 6.07) is 15.1. The molecule has 0 saturated carbocycles. The van der Waals surface area contributed by atoms with E-state index in [9.17, 15) is 4.79 Å². The van der Waals surface area contributed by atoms with Gasteiger partial charge in [-0.3, -0.25) is 9.36 Å². The van der Waals surface area contributed by atoms with E-state index in [1.165, 1.54) is 10.9 Å². The van der Waals surface area contributed by atoms with Crippen molar-refractivity contribution < 1.29 is 0 Å². The summed E-state index contributed by atoms with van der Waals surface area (Å²) in [4.78, 5) is 16.6. The van der Waals surface area contributed by atoms with Crippen LogP contribution in [0, 0.1) is 11.8 Å². The van der Waals surface area contributed by atoms with E-state index in [0.717, 1.165) is 10.0 Å². The molecule has 102 valence electrons. The lowest BCUT2D eigenvalue weighted by molar-refractivity contribution is 0.782. The van der Waals surface area contributed by atoms with Crippen LogP contribution in [0.25, 0.3) is 10.9 Å². The van der Waals surface area contributed by atoms with Gasteiger partial charge in [-0.2, -0.15) is 0 Å². The van der Waals surface area contributed by atoms with Crippen LogP contribution in [0.2, 0.25) is 0 Å². The van der Waals surface area contributed by atoms with Crippen LogP contribution in [-0.4, -0.2) is 9.55 Å². The maximum Gasteiger partial charge on any atom is 0.262 e. The SMILES string of the molecule is O=c1c2ccc(Br)cc2ncn1CC#Cc1ccccc1. The fourth-order valence-corrected chi connectivity index (χ4v) is 2.34. The molecule has 0 aliphatic carbocycles. The molecule has 0 N–H and O–H groups in total. The summed E-state index contributed by atoms with van der Waals surface area (Å²) >= 11 is 3.37. The first-order chi connectivity index (χ1) is 10.2. The van der Waals surface area contributed by atoms with Crippen LogP contribution in [0.1, 0.15) is 5.56 Å². The van der Waals surface area contributed by atoms with Gasteiger partial charge in [-0.15, -0.1) is 0 Å². The van der Waals surface area contributed by atoms with Crippen molar-refractivity contribution >= 4 is 26.8 Å². The number of hydrogen-bond donors (Lipinski definition) is 0. The first kappa shape index (κ1) is 13.6. The van der Waals surface area contributed by atoms with Crippen LogP contribution in [0.3, 0.4) is 0 Å². The maximum absolute atomic E-state index is 12.3. The van der Waals surface area contributed by atoms with Crippen molar-refractivity contribution in [2.24, 2.45) is 0 Å². The minimum Gasteiger partial charge on any atom is -0.287 e. The van der Waals surface area contributed by atoms with Gasteiger partial charge in [0.05, 0.1) is 23.8 Å². The van der Waals surface area contributed by atoms with Crippen molar-refractivity contribution in [1.29, 1.82) is 0 Å². The Morgan fingerprint density at radius 3 is 2.76 bits per heavy atom. The molecule has 0 amide bonds. The Morgan fingerprint density at radius 2 is 1.95 bits per heavy atom. The molecule has 0 spiro atoms. The van der Waals surface area contributed by atoms with Gasteiger partial charge >= 0.3 is 0 Å². The fourth-order valence-electron chi connectivity index (χ4n) is 1.99. The molecule has 2 aromatic carbocycles. The van der Waals surface area contributed by atoms with Crippen molar-refractivity contribution in [2.75, 3.05) is 0 Å². The first-order valence-electron chi connectivity index (χ1n) is 6.43. The third-order valence-electron chi connectivity index (χ3n) is 3.04. The van der Waals surface area contributed by atoms with Crippen molar-refractivity contribution in [3.63, 3.8) is 0 Å². The van der Waals surface area contributed by atoms with Gasteiger partial charge in [-0.1, -0.05) is 46.0 Å². The second-order valence-corrected chi connectivity index (χ2v) is 5.42. The summed E-state index contributed by atoms with van der Waals surface area (Å²) in [5.74, 6) is 6.03. The molecule has 0 fully saturated rings. The molecule has 0 saturated heterocycles. The molecule has 1 heterocycles. The van der Waals surface area contributed by atoms with Gasteiger partial charge in [0.1, 0.15) is 0 Å². The van der Waals surface area contributed by atoms with E-state index in [1.54, 1.807) is 6.07 Å². The molecule has 0 aliphatic heterocycles. The van der Waals surface area contributed by atoms with E-state index >= 15 is 0 Å². The molecular weight excluding hydrogens is 328 g/mol. The number of benzene rings is 2. The Balaban J connectivity index is 1.92. The van der Waals surface area contributed by atoms with Crippen LogP contribution in [0.5, 0.6) is 0 Å². The topological polar surface area (TPSA) is 34.9 Å². The smallest absolute Gasteiger partial charge is 0.262 e. The molecule has 4 heteroatoms. The summed E-state index contributed by atoms with van der Waals surface area (Å²) in [5, 5.41) is 0.599. The second-order valence-electron chi connectivity index (χ2n) is 4.51. The molecule has 0 aliphatic rings. The normalized spacial score (nSPS) is 10.1. The predicted octanol–water partition coefficient (Wildman–Crippen LogP) is 3.21. The minimum absolute atomic E-state index is 0.0742. The summed E-state index contributed by atoms with van der Waals surface area (Å²) in [6.45, 7) is 0.326. The zero-order valence-electron chi connectivity index (χ0n) is 11.1. The fraction of sp³-hybridized carbons (Fsp3) is 0.0588. The van der Waals surface area contributed by atoms with Gasteiger partial charge in [0, 0.05) is 10.0 Å². The lowest BCUT2D eigenvalue weighted by atomic mass is 10.2. The third-order valence-corrected chi connectivity index (χ3v) is 3.54. The van der Waals surface area contributed by atoms with Crippen LogP contribution in [-0.2, 0) is 6.54 Å². The molecular formula is C17H11BrN2O. The summed E-state index contributed by atoms with van der Waals surface area (Å²) in [6.07, 6.45) is 1.54. The largest absolute Gasteiger partial charge is 0.287 e. The first-order valence-corrected chi connectivity index (χ1v) is 7.22. The Kier molecular flexibility index (Phi) is 3.85. The second kappa shape index (κ2) is 5.94. The van der Waals surface area contributed by atoms with Crippen LogP contribution < -0.4 is 5.56 Å². The van der Waals surface area contributed by atoms with E-state index in [2.05, 4.69) is 32.8 Å². The highest BCUT2D eigenvalue weighted by Crippen LogP contribution is 2.14. The Hall–Kier alpha value is -2.38. The minimum atomic E-state index is -0.0742. The molecule has 3 nitrogen and oxygen atoms in total. The summed E-state index contributed by atoms with van der Waals surface area (Å²) in [5.41, 5.74) is 1.54. The molecule has 3 rings (SSSR count). The quantitative estimate of drug-likeness (QED) is 0.638. The van der Waals surface area contributed by atoms with E-state index in [4.69, 9.17) is 0 Å². The molecule has 3 aromatic rings. The maximum atomic E-state index is 12.3. The average molecular weight is 339 g/mol. The Morgan fingerprint density at radius 1 is 1.14 bits per heavy atom. The number of halogens is 1. The number of rotatable bonds is 1. The standard InChI is InChI=1S/C17H11BrN2O/c18-14-8-9-15-16(11-14)19-12-20(17(15)21)10-4-7-13-5-2-1-3-6-13/h1-3,5-6,8-9,11-12H,10H2. The zero-order valence-corrected chi connectivity index (χ0v) is 12.7. The van der Waals surface area contributed by atoms with Gasteiger partial charge in [0.25, 0.3) is 5.56 Å². The van der Waals surface area contributed by atoms with Crippen LogP contribution in [0.15, 0.2) is 64.1 Å². The van der Waals surface area contributed by atoms with E-state index < -0.39 is 0 Å². The van der Waals surface area contributed by atoms with E-state index in [-0.39, 0.29) is 5.56 Å². The lowest BCUT2D eigenvalue weighted by Gasteiger charge is -2.02. The van der Waals surface area contributed by atoms with Crippen molar-refractivity contribution in [1.82, 2.24) is 9.55 Å². The summed E-state index contributed by atoms with van der Waals surface area (Å²) in [7, 11) is 0. The van der Waals surface area contributed by atoms with Gasteiger partial charge in [-0.25, -0.2) is 4.98 Å². The Labute approximate surface area is 130 Å². The molecule has 0 radical (unpaired) electrons. The monoisotopic (exact) mass is 338 g/mol. The number of aromatic nitrogens is 2. The molecule has 1 aromatic heterocycles. The number of nitrogens with zero attached hydrogens (tertiary/aromatic N) is 2. The van der Waals surface area contributed by atoms with Crippen molar-refractivity contribution in [3.8, 4) is 11.8 Å². The third kappa shape index (κ3) is 3.04. The van der Waals surface area contributed by atoms with E-state index in [1.807, 2.05) is 42.5 Å². The van der Waals surface area contributed by atoms with Gasteiger partial charge in [-0.05, 0) is 30.3 Å². The highest BCUT2D eigenvalue weighted by molar-refractivity contribution is 9.10. The highest BCUT2D eigenvalue weighted by Gasteiger charge is 2.03. The number of hydrogen-bond acceptors (Lipinski definition) is 2. The molecule has 0 bridgehead atoms. The molecule has 0 unspecified atom stereocenters. The average Bonchev–Trinajstić information content (AvgIpc) is 2.50. The number of fused-ring (bicyclic) bond motifs is 1. The predicted molar refractivity (Wildman–Crippen MR) is 87.0 cm³/mol. The van der Waals surface area contributed by atoms with E-state index in [0.29, 0.717) is 17.4 Å². The highest BCUT2D eigenvalue weighted by atomic mass is 79.9. The molecule has 0 atom stereocenters. The van der Waals surface area contributed by atoms with Crippen molar-refractivity contribution in [3.05, 3.63) is 75.2 Å². The van der Waals surface area contributed by atoms with Crippen LogP contribution in [0.4, 0.5) is 0 Å². The van der Waals surface area contributed by atoms with Gasteiger partial charge in [0.15, 0.2) is 0 Å². The molecule has 21 heavy (non-hydrogen) atoms. The zero-order chi connectivity index (χ0) is 14.7. The van der Waals surface area contributed by atoms with Crippen LogP contribution >= 0.6 is 15.9 Å². The lowest BCUT2D eigenvalue weighted by Crippen LogP contribution is -2.20. The van der Waals surface area contributed by atoms with Crippen molar-refractivity contribution in [2.45, 2.75) is 6.54 Å². The van der Waals surface area contributed by atoms with Gasteiger partial charge in [0.2, 0.25) is 0 Å². The summed E-state index contributed by atoms with van der Waals surface area (Å²) < 4.78 is 2.43. The van der Waals surface area contributed by atoms with Gasteiger partial charge < -0.3 is 0 Å². The Bertz CT molecular complexity index is 905.